The summed E-state index contributed by atoms with van der Waals surface area (Å²) in [4.78, 5) is 4.14. The molecule has 17 heavy (non-hydrogen) atoms. The Balaban J connectivity index is 1.95. The molecule has 1 aromatic carbocycles. The van der Waals surface area contributed by atoms with Crippen LogP contribution in [0.2, 0.25) is 0 Å². The van der Waals surface area contributed by atoms with Gasteiger partial charge in [-0.15, -0.1) is 0 Å². The molecule has 1 N–H and O–H groups in total. The quantitative estimate of drug-likeness (QED) is 0.873. The van der Waals surface area contributed by atoms with E-state index in [0.717, 1.165) is 12.2 Å². The lowest BCUT2D eigenvalue weighted by molar-refractivity contribution is 0.398. The third-order valence-corrected chi connectivity index (χ3v) is 2.56. The lowest BCUT2D eigenvalue weighted by Gasteiger charge is -2.07. The SMILES string of the molecule is COc1ccc(NCc2ccc(C)cc2)cn1. The summed E-state index contributed by atoms with van der Waals surface area (Å²) < 4.78 is 5.01. The van der Waals surface area contributed by atoms with Crippen molar-refractivity contribution in [1.29, 1.82) is 0 Å². The highest BCUT2D eigenvalue weighted by molar-refractivity contribution is 5.42. The van der Waals surface area contributed by atoms with Gasteiger partial charge in [0.1, 0.15) is 0 Å². The number of nitrogens with one attached hydrogen (secondary N) is 1. The minimum Gasteiger partial charge on any atom is -0.481 e. The molecule has 1 heterocycles. The lowest BCUT2D eigenvalue weighted by Crippen LogP contribution is -1.99. The molecule has 1 aromatic heterocycles. The summed E-state index contributed by atoms with van der Waals surface area (Å²) in [7, 11) is 1.61. The molecule has 0 saturated carbocycles. The van der Waals surface area contributed by atoms with Gasteiger partial charge in [0.05, 0.1) is 19.0 Å². The fourth-order valence-corrected chi connectivity index (χ4v) is 1.52. The Morgan fingerprint density at radius 1 is 1.12 bits per heavy atom. The fraction of sp³-hybridized carbons (Fsp3) is 0.214. The van der Waals surface area contributed by atoms with Crippen LogP contribution in [-0.2, 0) is 6.54 Å². The van der Waals surface area contributed by atoms with Gasteiger partial charge in [-0.3, -0.25) is 0 Å². The summed E-state index contributed by atoms with van der Waals surface area (Å²) in [6.07, 6.45) is 1.77. The molecule has 0 fully saturated rings. The van der Waals surface area contributed by atoms with E-state index in [1.807, 2.05) is 12.1 Å². The number of anilines is 1. The van der Waals surface area contributed by atoms with Crippen LogP contribution in [0.15, 0.2) is 42.6 Å². The molecule has 0 unspecified atom stereocenters. The zero-order valence-electron chi connectivity index (χ0n) is 10.1. The van der Waals surface area contributed by atoms with Gasteiger partial charge in [-0.1, -0.05) is 29.8 Å². The Morgan fingerprint density at radius 3 is 2.47 bits per heavy atom. The van der Waals surface area contributed by atoms with Crippen molar-refractivity contribution in [3.05, 3.63) is 53.7 Å². The van der Waals surface area contributed by atoms with Crippen LogP contribution in [0.25, 0.3) is 0 Å². The number of aryl methyl sites for hydroxylation is 1. The molecule has 3 nitrogen and oxygen atoms in total. The van der Waals surface area contributed by atoms with Crippen molar-refractivity contribution in [2.45, 2.75) is 13.5 Å². The zero-order valence-corrected chi connectivity index (χ0v) is 10.1. The third-order valence-electron chi connectivity index (χ3n) is 2.56. The Labute approximate surface area is 101 Å². The summed E-state index contributed by atoms with van der Waals surface area (Å²) in [5, 5.41) is 3.31. The highest BCUT2D eigenvalue weighted by Gasteiger charge is 1.96. The maximum atomic E-state index is 5.01. The van der Waals surface area contributed by atoms with Gasteiger partial charge in [-0.2, -0.15) is 0 Å². The van der Waals surface area contributed by atoms with E-state index in [1.165, 1.54) is 11.1 Å². The van der Waals surface area contributed by atoms with Gasteiger partial charge in [-0.05, 0) is 18.6 Å². The molecule has 0 radical (unpaired) electrons. The van der Waals surface area contributed by atoms with Gasteiger partial charge in [0.15, 0.2) is 0 Å². The van der Waals surface area contributed by atoms with Crippen LogP contribution in [0.1, 0.15) is 11.1 Å². The number of aromatic nitrogens is 1. The van der Waals surface area contributed by atoms with Crippen molar-refractivity contribution in [3.8, 4) is 5.88 Å². The monoisotopic (exact) mass is 228 g/mol. The number of hydrogen-bond donors (Lipinski definition) is 1. The standard InChI is InChI=1S/C14H16N2O/c1-11-3-5-12(6-4-11)9-15-13-7-8-14(17-2)16-10-13/h3-8,10,15H,9H2,1-2H3. The topological polar surface area (TPSA) is 34.1 Å². The van der Waals surface area contributed by atoms with Crippen LogP contribution in [0, 0.1) is 6.92 Å². The highest BCUT2D eigenvalue weighted by Crippen LogP contribution is 2.12. The molecule has 0 atom stereocenters. The Morgan fingerprint density at radius 2 is 1.88 bits per heavy atom. The Bertz CT molecular complexity index is 463. The second-order valence-electron chi connectivity index (χ2n) is 3.93. The van der Waals surface area contributed by atoms with E-state index < -0.39 is 0 Å². The van der Waals surface area contributed by atoms with Crippen LogP contribution >= 0.6 is 0 Å². The first kappa shape index (κ1) is 11.5. The molecule has 0 saturated heterocycles. The average molecular weight is 228 g/mol. The molecule has 2 aromatic rings. The van der Waals surface area contributed by atoms with Crippen molar-refractivity contribution in [2.24, 2.45) is 0 Å². The number of methoxy groups -OCH3 is 1. The summed E-state index contributed by atoms with van der Waals surface area (Å²) in [6, 6.07) is 12.3. The van der Waals surface area contributed by atoms with Gasteiger partial charge in [-0.25, -0.2) is 4.98 Å². The number of benzene rings is 1. The third kappa shape index (κ3) is 3.21. The van der Waals surface area contributed by atoms with Gasteiger partial charge in [0.25, 0.3) is 0 Å². The summed E-state index contributed by atoms with van der Waals surface area (Å²) in [6.45, 7) is 2.89. The van der Waals surface area contributed by atoms with E-state index in [-0.39, 0.29) is 0 Å². The molecule has 3 heteroatoms. The first-order valence-corrected chi connectivity index (χ1v) is 5.57. The predicted molar refractivity (Wildman–Crippen MR) is 69.3 cm³/mol. The lowest BCUT2D eigenvalue weighted by atomic mass is 10.1. The summed E-state index contributed by atoms with van der Waals surface area (Å²) in [5.74, 6) is 0.630. The van der Waals surface area contributed by atoms with Crippen LogP contribution in [0.4, 0.5) is 5.69 Å². The maximum Gasteiger partial charge on any atom is 0.213 e. The number of rotatable bonds is 4. The maximum absolute atomic E-state index is 5.01. The van der Waals surface area contributed by atoms with Crippen molar-refractivity contribution >= 4 is 5.69 Å². The molecule has 88 valence electrons. The molecular weight excluding hydrogens is 212 g/mol. The Kier molecular flexibility index (Phi) is 3.60. The van der Waals surface area contributed by atoms with Gasteiger partial charge in [0, 0.05) is 12.6 Å². The van der Waals surface area contributed by atoms with Crippen LogP contribution < -0.4 is 10.1 Å². The number of pyridine rings is 1. The van der Waals surface area contributed by atoms with E-state index in [2.05, 4.69) is 41.5 Å². The van der Waals surface area contributed by atoms with Gasteiger partial charge >= 0.3 is 0 Å². The molecular formula is C14H16N2O. The zero-order chi connectivity index (χ0) is 12.1. The van der Waals surface area contributed by atoms with Crippen LogP contribution in [0.3, 0.4) is 0 Å². The summed E-state index contributed by atoms with van der Waals surface area (Å²) in [5.41, 5.74) is 3.53. The average Bonchev–Trinajstić information content (AvgIpc) is 2.39. The first-order chi connectivity index (χ1) is 8.28. The molecule has 2 rings (SSSR count). The molecule has 0 spiro atoms. The van der Waals surface area contributed by atoms with Gasteiger partial charge in [0.2, 0.25) is 5.88 Å². The Hall–Kier alpha value is -2.03. The van der Waals surface area contributed by atoms with Crippen molar-refractivity contribution in [1.82, 2.24) is 4.98 Å². The second-order valence-corrected chi connectivity index (χ2v) is 3.93. The van der Waals surface area contributed by atoms with E-state index in [9.17, 15) is 0 Å². The van der Waals surface area contributed by atoms with E-state index in [4.69, 9.17) is 4.74 Å². The van der Waals surface area contributed by atoms with Gasteiger partial charge < -0.3 is 10.1 Å². The first-order valence-electron chi connectivity index (χ1n) is 5.57. The van der Waals surface area contributed by atoms with Crippen molar-refractivity contribution in [2.75, 3.05) is 12.4 Å². The van der Waals surface area contributed by atoms with Crippen molar-refractivity contribution < 1.29 is 4.74 Å². The number of hydrogen-bond acceptors (Lipinski definition) is 3. The second kappa shape index (κ2) is 5.34. The minimum absolute atomic E-state index is 0.630. The van der Waals surface area contributed by atoms with Crippen LogP contribution in [-0.4, -0.2) is 12.1 Å². The summed E-state index contributed by atoms with van der Waals surface area (Å²) >= 11 is 0. The largest absolute Gasteiger partial charge is 0.481 e. The highest BCUT2D eigenvalue weighted by atomic mass is 16.5. The normalized spacial score (nSPS) is 10.0. The van der Waals surface area contributed by atoms with E-state index >= 15 is 0 Å². The molecule has 0 aliphatic carbocycles. The van der Waals surface area contributed by atoms with Crippen LogP contribution in [0.5, 0.6) is 5.88 Å². The smallest absolute Gasteiger partial charge is 0.213 e. The van der Waals surface area contributed by atoms with E-state index in [1.54, 1.807) is 13.3 Å². The number of ether oxygens (including phenoxy) is 1. The van der Waals surface area contributed by atoms with E-state index in [0.29, 0.717) is 5.88 Å². The molecule has 0 amide bonds. The molecule has 0 bridgehead atoms. The predicted octanol–water partition coefficient (Wildman–Crippen LogP) is 3.01. The fourth-order valence-electron chi connectivity index (χ4n) is 1.52. The molecule has 0 aliphatic heterocycles. The van der Waals surface area contributed by atoms with Crippen molar-refractivity contribution in [3.63, 3.8) is 0 Å². The minimum atomic E-state index is 0.630. The number of nitrogens with zero attached hydrogens (tertiary/aromatic N) is 1. The molecule has 0 aliphatic rings.